The first kappa shape index (κ1) is 20.5. The van der Waals surface area contributed by atoms with Crippen LogP contribution in [-0.4, -0.2) is 26.8 Å². The van der Waals surface area contributed by atoms with E-state index in [1.54, 1.807) is 18.2 Å². The number of rotatable bonds is 5. The second-order valence-corrected chi connectivity index (χ2v) is 7.91. The van der Waals surface area contributed by atoms with E-state index in [0.29, 0.717) is 17.0 Å². The van der Waals surface area contributed by atoms with Crippen molar-refractivity contribution in [1.82, 2.24) is 9.97 Å². The van der Waals surface area contributed by atoms with Crippen molar-refractivity contribution in [2.24, 2.45) is 0 Å². The molecule has 1 aliphatic heterocycles. The summed E-state index contributed by atoms with van der Waals surface area (Å²) < 4.78 is 0. The van der Waals surface area contributed by atoms with E-state index in [-0.39, 0.29) is 11.5 Å². The summed E-state index contributed by atoms with van der Waals surface area (Å²) in [5, 5.41) is 10.8. The van der Waals surface area contributed by atoms with Crippen molar-refractivity contribution in [3.8, 4) is 0 Å². The zero-order valence-electron chi connectivity index (χ0n) is 17.6. The third-order valence-electron chi connectivity index (χ3n) is 5.45. The summed E-state index contributed by atoms with van der Waals surface area (Å²) >= 11 is 0. The fourth-order valence-corrected chi connectivity index (χ4v) is 3.70. The molecule has 0 radical (unpaired) electrons. The maximum Gasteiger partial charge on any atom is 0.296 e. The maximum atomic E-state index is 13.4. The number of aryl methyl sites for hydroxylation is 1. The minimum absolute atomic E-state index is 0.0265. The van der Waals surface area contributed by atoms with Gasteiger partial charge in [0, 0.05) is 18.0 Å². The summed E-state index contributed by atoms with van der Waals surface area (Å²) in [6.45, 7) is 6.12. The second-order valence-electron chi connectivity index (χ2n) is 7.91. The highest BCUT2D eigenvalue weighted by Crippen LogP contribution is 2.40. The number of carbonyl (C=O) groups excluding carboxylic acids is 2. The summed E-state index contributed by atoms with van der Waals surface area (Å²) in [5.41, 5.74) is 3.27. The molecule has 2 heterocycles. The number of benzene rings is 2. The lowest BCUT2D eigenvalue weighted by Crippen LogP contribution is -2.32. The van der Waals surface area contributed by atoms with Gasteiger partial charge in [-0.2, -0.15) is 0 Å². The third kappa shape index (κ3) is 3.72. The minimum atomic E-state index is -0.829. The van der Waals surface area contributed by atoms with Crippen LogP contribution >= 0.6 is 0 Å². The molecule has 1 atom stereocenters. The average Bonchev–Trinajstić information content (AvgIpc) is 3.05. The van der Waals surface area contributed by atoms with Crippen molar-refractivity contribution < 1.29 is 14.7 Å². The molecule has 6 heteroatoms. The Kier molecular flexibility index (Phi) is 5.38. The highest BCUT2D eigenvalue weighted by Gasteiger charge is 2.45. The van der Waals surface area contributed by atoms with Gasteiger partial charge in [-0.3, -0.25) is 14.5 Å². The molecule has 1 aliphatic rings. The number of ketones is 1. The van der Waals surface area contributed by atoms with Crippen LogP contribution in [0, 0.1) is 6.92 Å². The Morgan fingerprint density at radius 3 is 2.19 bits per heavy atom. The Balaban J connectivity index is 1.85. The number of hydrogen-bond acceptors (Lipinski definition) is 5. The zero-order chi connectivity index (χ0) is 22.1. The molecule has 0 aliphatic carbocycles. The first-order chi connectivity index (χ1) is 14.9. The quantitative estimate of drug-likeness (QED) is 0.614. The fraction of sp³-hybridized carbons (Fsp3) is 0.200. The number of carbonyl (C=O) groups is 2. The van der Waals surface area contributed by atoms with Gasteiger partial charge in [-0.1, -0.05) is 67.9 Å². The van der Waals surface area contributed by atoms with E-state index in [4.69, 9.17) is 0 Å². The van der Waals surface area contributed by atoms with Crippen molar-refractivity contribution >= 4 is 17.6 Å². The molecular formula is C25H23N3O3. The molecule has 1 N–H and O–H groups in total. The van der Waals surface area contributed by atoms with Gasteiger partial charge in [-0.15, -0.1) is 0 Å². The molecule has 3 aromatic rings. The molecule has 4 rings (SSSR count). The van der Waals surface area contributed by atoms with Crippen LogP contribution in [0.4, 0.5) is 5.95 Å². The zero-order valence-corrected chi connectivity index (χ0v) is 17.6. The van der Waals surface area contributed by atoms with Gasteiger partial charge in [-0.25, -0.2) is 9.97 Å². The van der Waals surface area contributed by atoms with Crippen LogP contribution in [0.2, 0.25) is 0 Å². The summed E-state index contributed by atoms with van der Waals surface area (Å²) in [7, 11) is 0. The van der Waals surface area contributed by atoms with Crippen molar-refractivity contribution in [3.05, 3.63) is 101 Å². The van der Waals surface area contributed by atoms with Gasteiger partial charge in [0.15, 0.2) is 11.5 Å². The van der Waals surface area contributed by atoms with E-state index in [0.717, 1.165) is 11.1 Å². The van der Waals surface area contributed by atoms with Crippen molar-refractivity contribution in [2.75, 3.05) is 4.90 Å². The summed E-state index contributed by atoms with van der Waals surface area (Å²) in [6, 6.07) is 15.6. The lowest BCUT2D eigenvalue weighted by atomic mass is 9.91. The monoisotopic (exact) mass is 413 g/mol. The van der Waals surface area contributed by atoms with Crippen LogP contribution < -0.4 is 4.90 Å². The van der Waals surface area contributed by atoms with Gasteiger partial charge in [-0.05, 0) is 30.0 Å². The molecule has 31 heavy (non-hydrogen) atoms. The number of amides is 1. The van der Waals surface area contributed by atoms with Crippen LogP contribution in [0.25, 0.3) is 0 Å². The maximum absolute atomic E-state index is 13.4. The first-order valence-electron chi connectivity index (χ1n) is 10.1. The van der Waals surface area contributed by atoms with E-state index in [9.17, 15) is 14.7 Å². The van der Waals surface area contributed by atoms with E-state index >= 15 is 0 Å². The standard InChI is InChI=1S/C25H23N3O3/c1-15(2)17-9-11-18(12-10-17)21-20(22(29)19-7-5-16(3)6-8-19)23(30)24(31)28(21)25-26-13-4-14-27-25/h4-15,21,30H,1-3H3. The number of aliphatic hydroxyl groups excluding tert-OH is 1. The first-order valence-corrected chi connectivity index (χ1v) is 10.1. The number of nitrogens with zero attached hydrogens (tertiary/aromatic N) is 3. The van der Waals surface area contributed by atoms with E-state index < -0.39 is 23.5 Å². The molecule has 156 valence electrons. The van der Waals surface area contributed by atoms with Gasteiger partial charge >= 0.3 is 0 Å². The smallest absolute Gasteiger partial charge is 0.296 e. The van der Waals surface area contributed by atoms with Crippen LogP contribution in [0.1, 0.15) is 52.9 Å². The molecule has 6 nitrogen and oxygen atoms in total. The van der Waals surface area contributed by atoms with E-state index in [1.165, 1.54) is 17.3 Å². The van der Waals surface area contributed by atoms with E-state index in [2.05, 4.69) is 23.8 Å². The molecule has 2 aromatic carbocycles. The predicted molar refractivity (Wildman–Crippen MR) is 118 cm³/mol. The van der Waals surface area contributed by atoms with Crippen LogP contribution in [0.5, 0.6) is 0 Å². The Morgan fingerprint density at radius 1 is 1.00 bits per heavy atom. The Hall–Kier alpha value is -3.80. The summed E-state index contributed by atoms with van der Waals surface area (Å²) in [5.74, 6) is -1.20. The van der Waals surface area contributed by atoms with Crippen molar-refractivity contribution in [2.45, 2.75) is 32.7 Å². The third-order valence-corrected chi connectivity index (χ3v) is 5.45. The lowest BCUT2D eigenvalue weighted by Gasteiger charge is -2.25. The molecule has 0 saturated carbocycles. The van der Waals surface area contributed by atoms with Crippen LogP contribution in [0.3, 0.4) is 0 Å². The van der Waals surface area contributed by atoms with Gasteiger partial charge in [0.05, 0.1) is 11.6 Å². The summed E-state index contributed by atoms with van der Waals surface area (Å²) in [4.78, 5) is 36.1. The molecule has 0 bridgehead atoms. The summed E-state index contributed by atoms with van der Waals surface area (Å²) in [6.07, 6.45) is 3.04. The SMILES string of the molecule is Cc1ccc(C(=O)C2=C(O)C(=O)N(c3ncccn3)C2c2ccc(C(C)C)cc2)cc1. The number of hydrogen-bond donors (Lipinski definition) is 1. The number of aromatic nitrogens is 2. The molecular weight excluding hydrogens is 390 g/mol. The Bertz CT molecular complexity index is 1150. The van der Waals surface area contributed by atoms with Gasteiger partial charge < -0.3 is 5.11 Å². The second kappa shape index (κ2) is 8.14. The highest BCUT2D eigenvalue weighted by atomic mass is 16.3. The molecule has 1 aromatic heterocycles. The number of Topliss-reactive ketones (excluding diaryl/α,β-unsaturated/α-hetero) is 1. The largest absolute Gasteiger partial charge is 0.503 e. The molecule has 0 fully saturated rings. The minimum Gasteiger partial charge on any atom is -0.503 e. The predicted octanol–water partition coefficient (Wildman–Crippen LogP) is 4.69. The normalized spacial score (nSPS) is 16.3. The number of anilines is 1. The van der Waals surface area contributed by atoms with Crippen LogP contribution in [-0.2, 0) is 4.79 Å². The van der Waals surface area contributed by atoms with Gasteiger partial charge in [0.1, 0.15) is 0 Å². The molecule has 0 spiro atoms. The fourth-order valence-electron chi connectivity index (χ4n) is 3.70. The van der Waals surface area contributed by atoms with Crippen molar-refractivity contribution in [1.29, 1.82) is 0 Å². The molecule has 0 saturated heterocycles. The van der Waals surface area contributed by atoms with E-state index in [1.807, 2.05) is 43.3 Å². The molecule has 1 unspecified atom stereocenters. The lowest BCUT2D eigenvalue weighted by molar-refractivity contribution is -0.117. The number of aliphatic hydroxyl groups is 1. The Morgan fingerprint density at radius 2 is 1.61 bits per heavy atom. The topological polar surface area (TPSA) is 83.4 Å². The van der Waals surface area contributed by atoms with Gasteiger partial charge in [0.25, 0.3) is 5.91 Å². The Labute approximate surface area is 180 Å². The van der Waals surface area contributed by atoms with Crippen molar-refractivity contribution in [3.63, 3.8) is 0 Å². The molecule has 1 amide bonds. The average molecular weight is 413 g/mol. The van der Waals surface area contributed by atoms with Crippen LogP contribution in [0.15, 0.2) is 78.3 Å². The van der Waals surface area contributed by atoms with Gasteiger partial charge in [0.2, 0.25) is 5.95 Å². The highest BCUT2D eigenvalue weighted by molar-refractivity contribution is 6.20.